The van der Waals surface area contributed by atoms with Gasteiger partial charge in [0.05, 0.1) is 17.6 Å². The van der Waals surface area contributed by atoms with Gasteiger partial charge < -0.3 is 0 Å². The van der Waals surface area contributed by atoms with Crippen molar-refractivity contribution in [2.75, 3.05) is 0 Å². The number of aromatic nitrogens is 4. The van der Waals surface area contributed by atoms with Crippen LogP contribution in [0.25, 0.3) is 11.2 Å². The summed E-state index contributed by atoms with van der Waals surface area (Å²) in [6.07, 6.45) is 3.20. The molecule has 2 rings (SSSR count). The van der Waals surface area contributed by atoms with E-state index >= 15 is 0 Å². The lowest BCUT2D eigenvalue weighted by molar-refractivity contribution is 1.07. The zero-order valence-electron chi connectivity index (χ0n) is 8.94. The third kappa shape index (κ3) is 2.02. The molecule has 2 aromatic rings. The molecular formula is C10H14N4. The molecule has 0 amide bonds. The van der Waals surface area contributed by atoms with E-state index in [9.17, 15) is 0 Å². The van der Waals surface area contributed by atoms with Crippen molar-refractivity contribution in [3.8, 4) is 0 Å². The summed E-state index contributed by atoms with van der Waals surface area (Å²) in [5, 5.41) is 0. The number of nitrogens with zero attached hydrogens (tertiary/aromatic N) is 4. The van der Waals surface area contributed by atoms with Gasteiger partial charge in [-0.15, -0.1) is 0 Å². The van der Waals surface area contributed by atoms with E-state index in [1.807, 2.05) is 27.7 Å². The highest BCUT2D eigenvalue weighted by atomic mass is 15.0. The van der Waals surface area contributed by atoms with E-state index in [1.165, 1.54) is 6.33 Å². The Hall–Kier alpha value is -1.58. The molecule has 0 N–H and O–H groups in total. The van der Waals surface area contributed by atoms with Crippen LogP contribution in [0.15, 0.2) is 12.5 Å². The summed E-state index contributed by atoms with van der Waals surface area (Å²) in [7, 11) is 0. The van der Waals surface area contributed by atoms with Gasteiger partial charge in [0.2, 0.25) is 0 Å². The van der Waals surface area contributed by atoms with Gasteiger partial charge in [-0.3, -0.25) is 0 Å². The Morgan fingerprint density at radius 1 is 1.00 bits per heavy atom. The fourth-order valence-electron chi connectivity index (χ4n) is 1.04. The van der Waals surface area contributed by atoms with Crippen LogP contribution in [0, 0.1) is 13.8 Å². The van der Waals surface area contributed by atoms with Crippen LogP contribution >= 0.6 is 0 Å². The van der Waals surface area contributed by atoms with Crippen molar-refractivity contribution in [2.24, 2.45) is 0 Å². The molecule has 0 saturated heterocycles. The number of hydrogen-bond donors (Lipinski definition) is 0. The van der Waals surface area contributed by atoms with E-state index in [4.69, 9.17) is 0 Å². The van der Waals surface area contributed by atoms with Crippen molar-refractivity contribution in [1.82, 2.24) is 19.9 Å². The van der Waals surface area contributed by atoms with Gasteiger partial charge in [0, 0.05) is 0 Å². The molecule has 0 aromatic carbocycles. The maximum atomic E-state index is 4.29. The molecule has 4 nitrogen and oxygen atoms in total. The molecule has 0 aliphatic heterocycles. The fraction of sp³-hybridized carbons (Fsp3) is 0.400. The van der Waals surface area contributed by atoms with Gasteiger partial charge in [-0.1, -0.05) is 13.8 Å². The van der Waals surface area contributed by atoms with Crippen molar-refractivity contribution in [2.45, 2.75) is 27.7 Å². The minimum atomic E-state index is 0.660. The standard InChI is InChI=1S/C8H8N4.C2H6/c1-5-3-9-8-7(12-5)6(2)10-4-11-8;1-2/h3-4H,1-2H3;1-2H3. The molecule has 0 saturated carbocycles. The minimum absolute atomic E-state index is 0.660. The molecule has 74 valence electrons. The third-order valence-corrected chi connectivity index (χ3v) is 1.65. The number of aryl methyl sites for hydroxylation is 2. The number of rotatable bonds is 0. The Morgan fingerprint density at radius 2 is 1.71 bits per heavy atom. The van der Waals surface area contributed by atoms with Crippen molar-refractivity contribution in [3.05, 3.63) is 23.9 Å². The van der Waals surface area contributed by atoms with Gasteiger partial charge >= 0.3 is 0 Å². The first-order valence-corrected chi connectivity index (χ1v) is 4.68. The van der Waals surface area contributed by atoms with Crippen LogP contribution in [0.4, 0.5) is 0 Å². The van der Waals surface area contributed by atoms with Crippen molar-refractivity contribution >= 4 is 11.2 Å². The molecule has 0 spiro atoms. The highest BCUT2D eigenvalue weighted by Crippen LogP contribution is 2.07. The van der Waals surface area contributed by atoms with E-state index < -0.39 is 0 Å². The number of fused-ring (bicyclic) bond motifs is 1. The van der Waals surface area contributed by atoms with Crippen molar-refractivity contribution in [3.63, 3.8) is 0 Å². The van der Waals surface area contributed by atoms with E-state index in [-0.39, 0.29) is 0 Å². The smallest absolute Gasteiger partial charge is 0.181 e. The molecule has 0 unspecified atom stereocenters. The molecule has 2 heterocycles. The monoisotopic (exact) mass is 190 g/mol. The normalized spacial score (nSPS) is 9.43. The molecule has 0 aliphatic rings. The van der Waals surface area contributed by atoms with E-state index in [0.29, 0.717) is 5.65 Å². The first kappa shape index (κ1) is 10.5. The maximum Gasteiger partial charge on any atom is 0.181 e. The van der Waals surface area contributed by atoms with Gasteiger partial charge in [-0.2, -0.15) is 0 Å². The van der Waals surface area contributed by atoms with E-state index in [2.05, 4.69) is 19.9 Å². The largest absolute Gasteiger partial charge is 0.246 e. The quantitative estimate of drug-likeness (QED) is 0.638. The lowest BCUT2D eigenvalue weighted by Gasteiger charge is -1.98. The Balaban J connectivity index is 0.000000461. The Labute approximate surface area is 83.5 Å². The predicted octanol–water partition coefficient (Wildman–Crippen LogP) is 2.06. The minimum Gasteiger partial charge on any atom is -0.246 e. The molecule has 0 fully saturated rings. The molecule has 0 atom stereocenters. The molecule has 14 heavy (non-hydrogen) atoms. The first-order chi connectivity index (χ1) is 6.77. The van der Waals surface area contributed by atoms with Crippen LogP contribution in [0.1, 0.15) is 25.2 Å². The second kappa shape index (κ2) is 4.60. The summed E-state index contributed by atoms with van der Waals surface area (Å²) in [5.74, 6) is 0. The molecular weight excluding hydrogens is 176 g/mol. The Morgan fingerprint density at radius 3 is 2.43 bits per heavy atom. The highest BCUT2D eigenvalue weighted by Gasteiger charge is 2.00. The molecule has 2 aromatic heterocycles. The maximum absolute atomic E-state index is 4.29. The lowest BCUT2D eigenvalue weighted by Crippen LogP contribution is -1.94. The average molecular weight is 190 g/mol. The average Bonchev–Trinajstić information content (AvgIpc) is 2.22. The van der Waals surface area contributed by atoms with Crippen LogP contribution in [0.2, 0.25) is 0 Å². The highest BCUT2D eigenvalue weighted by molar-refractivity contribution is 5.71. The van der Waals surface area contributed by atoms with Crippen LogP contribution in [-0.2, 0) is 0 Å². The second-order valence-corrected chi connectivity index (χ2v) is 2.64. The topological polar surface area (TPSA) is 51.6 Å². The third-order valence-electron chi connectivity index (χ3n) is 1.65. The van der Waals surface area contributed by atoms with Gasteiger partial charge in [0.15, 0.2) is 5.65 Å². The Kier molecular flexibility index (Phi) is 3.45. The van der Waals surface area contributed by atoms with Crippen molar-refractivity contribution < 1.29 is 0 Å². The number of hydrogen-bond acceptors (Lipinski definition) is 4. The molecule has 0 bridgehead atoms. The zero-order chi connectivity index (χ0) is 10.6. The van der Waals surface area contributed by atoms with Crippen LogP contribution in [0.5, 0.6) is 0 Å². The zero-order valence-corrected chi connectivity index (χ0v) is 8.94. The summed E-state index contributed by atoms with van der Waals surface area (Å²) in [6.45, 7) is 7.80. The fourth-order valence-corrected chi connectivity index (χ4v) is 1.04. The predicted molar refractivity (Wildman–Crippen MR) is 56.0 cm³/mol. The van der Waals surface area contributed by atoms with Crippen LogP contribution in [-0.4, -0.2) is 19.9 Å². The van der Waals surface area contributed by atoms with E-state index in [0.717, 1.165) is 16.9 Å². The lowest BCUT2D eigenvalue weighted by atomic mass is 10.3. The van der Waals surface area contributed by atoms with E-state index in [1.54, 1.807) is 6.20 Å². The molecule has 0 radical (unpaired) electrons. The summed E-state index contributed by atoms with van der Waals surface area (Å²) >= 11 is 0. The Bertz CT molecular complexity index is 425. The SMILES string of the molecule is CC.Cc1cnc2ncnc(C)c2n1. The molecule has 4 heteroatoms. The second-order valence-electron chi connectivity index (χ2n) is 2.64. The molecule has 0 aliphatic carbocycles. The first-order valence-electron chi connectivity index (χ1n) is 4.68. The summed E-state index contributed by atoms with van der Waals surface area (Å²) in [5.41, 5.74) is 3.21. The summed E-state index contributed by atoms with van der Waals surface area (Å²) < 4.78 is 0. The van der Waals surface area contributed by atoms with Gasteiger partial charge in [-0.05, 0) is 13.8 Å². The van der Waals surface area contributed by atoms with Gasteiger partial charge in [0.25, 0.3) is 0 Å². The summed E-state index contributed by atoms with van der Waals surface area (Å²) in [6, 6.07) is 0. The van der Waals surface area contributed by atoms with Crippen LogP contribution < -0.4 is 0 Å². The van der Waals surface area contributed by atoms with Gasteiger partial charge in [0.1, 0.15) is 11.8 Å². The van der Waals surface area contributed by atoms with Crippen molar-refractivity contribution in [1.29, 1.82) is 0 Å². The van der Waals surface area contributed by atoms with Gasteiger partial charge in [-0.25, -0.2) is 19.9 Å². The summed E-state index contributed by atoms with van der Waals surface area (Å²) in [4.78, 5) is 16.4. The van der Waals surface area contributed by atoms with Crippen LogP contribution in [0.3, 0.4) is 0 Å².